The molecule has 0 radical (unpaired) electrons. The molecule has 0 atom stereocenters. The second-order valence-corrected chi connectivity index (χ2v) is 5.05. The van der Waals surface area contributed by atoms with Crippen LogP contribution in [0.25, 0.3) is 11.0 Å². The summed E-state index contributed by atoms with van der Waals surface area (Å²) in [5.74, 6) is 2.17. The van der Waals surface area contributed by atoms with E-state index in [4.69, 9.17) is 9.72 Å². The number of hydrogen-bond donors (Lipinski definition) is 0. The van der Waals surface area contributed by atoms with Crippen molar-refractivity contribution in [3.63, 3.8) is 0 Å². The van der Waals surface area contributed by atoms with Gasteiger partial charge in [0, 0.05) is 19.0 Å². The number of imidazole rings is 1. The van der Waals surface area contributed by atoms with Gasteiger partial charge in [-0.25, -0.2) is 4.98 Å². The van der Waals surface area contributed by atoms with Crippen LogP contribution >= 0.6 is 0 Å². The van der Waals surface area contributed by atoms with Crippen LogP contribution in [-0.2, 0) is 13.0 Å². The Hall–Kier alpha value is -1.51. The van der Waals surface area contributed by atoms with E-state index in [1.165, 1.54) is 43.4 Å². The normalized spacial score (nSPS) is 16.7. The minimum Gasteiger partial charge on any atom is -0.497 e. The summed E-state index contributed by atoms with van der Waals surface area (Å²) < 4.78 is 7.71. The Bertz CT molecular complexity index is 545. The molecule has 0 amide bonds. The Morgan fingerprint density at radius 1 is 1.11 bits per heavy atom. The van der Waals surface area contributed by atoms with Gasteiger partial charge in [-0.1, -0.05) is 19.3 Å². The summed E-state index contributed by atoms with van der Waals surface area (Å²) in [6, 6.07) is 6.18. The maximum atomic E-state index is 5.32. The molecule has 0 N–H and O–H groups in total. The molecule has 96 valence electrons. The zero-order valence-electron chi connectivity index (χ0n) is 11.0. The van der Waals surface area contributed by atoms with Gasteiger partial charge in [-0.2, -0.15) is 0 Å². The third-order valence-electron chi connectivity index (χ3n) is 3.82. The van der Waals surface area contributed by atoms with Crippen molar-refractivity contribution in [1.29, 1.82) is 0 Å². The van der Waals surface area contributed by atoms with Gasteiger partial charge >= 0.3 is 0 Å². The van der Waals surface area contributed by atoms with E-state index < -0.39 is 0 Å². The number of aryl methyl sites for hydroxylation is 2. The lowest BCUT2D eigenvalue weighted by molar-refractivity contribution is 0.415. The monoisotopic (exact) mass is 244 g/mol. The zero-order chi connectivity index (χ0) is 12.4. The summed E-state index contributed by atoms with van der Waals surface area (Å²) in [5.41, 5.74) is 2.33. The molecule has 0 fully saturated rings. The van der Waals surface area contributed by atoms with Crippen molar-refractivity contribution in [2.24, 2.45) is 0 Å². The first-order valence-electron chi connectivity index (χ1n) is 6.91. The molecule has 2 aromatic rings. The van der Waals surface area contributed by atoms with E-state index in [1.807, 2.05) is 6.07 Å². The van der Waals surface area contributed by atoms with Gasteiger partial charge in [0.1, 0.15) is 11.6 Å². The molecule has 3 rings (SSSR count). The lowest BCUT2D eigenvalue weighted by Gasteiger charge is -2.07. The van der Waals surface area contributed by atoms with Crippen LogP contribution in [0, 0.1) is 0 Å². The first-order valence-corrected chi connectivity index (χ1v) is 6.91. The largest absolute Gasteiger partial charge is 0.497 e. The van der Waals surface area contributed by atoms with E-state index in [-0.39, 0.29) is 0 Å². The van der Waals surface area contributed by atoms with Crippen molar-refractivity contribution in [2.75, 3.05) is 7.11 Å². The van der Waals surface area contributed by atoms with E-state index in [0.29, 0.717) is 0 Å². The van der Waals surface area contributed by atoms with Crippen molar-refractivity contribution in [1.82, 2.24) is 9.55 Å². The number of fused-ring (bicyclic) bond motifs is 3. The second-order valence-electron chi connectivity index (χ2n) is 5.05. The van der Waals surface area contributed by atoms with Gasteiger partial charge in [0.15, 0.2) is 0 Å². The maximum Gasteiger partial charge on any atom is 0.121 e. The SMILES string of the molecule is COc1ccc2nc3n(c2c1)CCCCCCC3. The van der Waals surface area contributed by atoms with Crippen LogP contribution in [0.4, 0.5) is 0 Å². The number of ether oxygens (including phenoxy) is 1. The highest BCUT2D eigenvalue weighted by atomic mass is 16.5. The Labute approximate surface area is 108 Å². The van der Waals surface area contributed by atoms with Gasteiger partial charge in [-0.3, -0.25) is 0 Å². The molecular formula is C15H20N2O. The smallest absolute Gasteiger partial charge is 0.121 e. The van der Waals surface area contributed by atoms with Crippen molar-refractivity contribution < 1.29 is 4.74 Å². The molecule has 0 unspecified atom stereocenters. The lowest BCUT2D eigenvalue weighted by Crippen LogP contribution is -2.03. The van der Waals surface area contributed by atoms with E-state index >= 15 is 0 Å². The molecule has 0 bridgehead atoms. The number of hydrogen-bond acceptors (Lipinski definition) is 2. The van der Waals surface area contributed by atoms with Crippen LogP contribution in [0.15, 0.2) is 18.2 Å². The van der Waals surface area contributed by atoms with Gasteiger partial charge in [0.05, 0.1) is 18.1 Å². The summed E-state index contributed by atoms with van der Waals surface area (Å²) in [5, 5.41) is 0. The predicted octanol–water partition coefficient (Wildman–Crippen LogP) is 3.55. The molecule has 1 aromatic heterocycles. The van der Waals surface area contributed by atoms with E-state index in [9.17, 15) is 0 Å². The first-order chi connectivity index (χ1) is 8.88. The number of methoxy groups -OCH3 is 1. The number of aromatic nitrogens is 2. The van der Waals surface area contributed by atoms with Gasteiger partial charge in [-0.15, -0.1) is 0 Å². The van der Waals surface area contributed by atoms with Crippen molar-refractivity contribution in [3.8, 4) is 5.75 Å². The summed E-state index contributed by atoms with van der Waals surface area (Å²) in [6.45, 7) is 1.10. The van der Waals surface area contributed by atoms with Crippen LogP contribution < -0.4 is 4.74 Å². The fourth-order valence-electron chi connectivity index (χ4n) is 2.80. The minimum atomic E-state index is 0.921. The molecule has 0 saturated carbocycles. The zero-order valence-corrected chi connectivity index (χ0v) is 11.0. The van der Waals surface area contributed by atoms with Gasteiger partial charge in [0.25, 0.3) is 0 Å². The summed E-state index contributed by atoms with van der Waals surface area (Å²) in [6.07, 6.45) is 7.68. The Balaban J connectivity index is 2.07. The Morgan fingerprint density at radius 3 is 2.83 bits per heavy atom. The quantitative estimate of drug-likeness (QED) is 0.767. The average Bonchev–Trinajstić information content (AvgIpc) is 2.78. The number of nitrogens with zero attached hydrogens (tertiary/aromatic N) is 2. The van der Waals surface area contributed by atoms with Crippen LogP contribution in [0.1, 0.15) is 37.9 Å². The fourth-order valence-corrected chi connectivity index (χ4v) is 2.80. The highest BCUT2D eigenvalue weighted by Gasteiger charge is 2.12. The topological polar surface area (TPSA) is 27.1 Å². The molecule has 2 heterocycles. The van der Waals surface area contributed by atoms with Gasteiger partial charge in [-0.05, 0) is 25.0 Å². The summed E-state index contributed by atoms with van der Waals surface area (Å²) >= 11 is 0. The van der Waals surface area contributed by atoms with Gasteiger partial charge < -0.3 is 9.30 Å². The number of rotatable bonds is 1. The minimum absolute atomic E-state index is 0.921. The molecule has 18 heavy (non-hydrogen) atoms. The summed E-state index contributed by atoms with van der Waals surface area (Å²) in [7, 11) is 1.72. The highest BCUT2D eigenvalue weighted by Crippen LogP contribution is 2.24. The Kier molecular flexibility index (Phi) is 3.22. The predicted molar refractivity (Wildman–Crippen MR) is 73.1 cm³/mol. The fraction of sp³-hybridized carbons (Fsp3) is 0.533. The van der Waals surface area contributed by atoms with Crippen LogP contribution in [0.5, 0.6) is 5.75 Å². The third kappa shape index (κ3) is 2.09. The molecule has 3 heteroatoms. The van der Waals surface area contributed by atoms with Crippen LogP contribution in [0.2, 0.25) is 0 Å². The van der Waals surface area contributed by atoms with Crippen molar-refractivity contribution >= 4 is 11.0 Å². The standard InChI is InChI=1S/C15H20N2O/c1-18-12-8-9-13-14(11-12)17-10-6-4-2-3-5-7-15(17)16-13/h8-9,11H,2-7,10H2,1H3. The first kappa shape index (κ1) is 11.6. The maximum absolute atomic E-state index is 5.32. The molecule has 1 aliphatic rings. The molecular weight excluding hydrogens is 224 g/mol. The van der Waals surface area contributed by atoms with Crippen molar-refractivity contribution in [3.05, 3.63) is 24.0 Å². The molecule has 3 nitrogen and oxygen atoms in total. The van der Waals surface area contributed by atoms with Gasteiger partial charge in [0.2, 0.25) is 0 Å². The van der Waals surface area contributed by atoms with Crippen LogP contribution in [0.3, 0.4) is 0 Å². The van der Waals surface area contributed by atoms with Crippen LogP contribution in [-0.4, -0.2) is 16.7 Å². The molecule has 1 aliphatic heterocycles. The summed E-state index contributed by atoms with van der Waals surface area (Å²) in [4.78, 5) is 4.78. The van der Waals surface area contributed by atoms with E-state index in [2.05, 4.69) is 16.7 Å². The molecule has 0 saturated heterocycles. The molecule has 0 aliphatic carbocycles. The highest BCUT2D eigenvalue weighted by molar-refractivity contribution is 5.77. The Morgan fingerprint density at radius 2 is 1.94 bits per heavy atom. The molecule has 0 spiro atoms. The van der Waals surface area contributed by atoms with Crippen molar-refractivity contribution in [2.45, 2.75) is 45.1 Å². The third-order valence-corrected chi connectivity index (χ3v) is 3.82. The van der Waals surface area contributed by atoms with E-state index in [1.54, 1.807) is 7.11 Å². The second kappa shape index (κ2) is 5.01. The average molecular weight is 244 g/mol. The lowest BCUT2D eigenvalue weighted by atomic mass is 10.1. The van der Waals surface area contributed by atoms with E-state index in [0.717, 1.165) is 24.2 Å². The number of benzene rings is 1. The molecule has 1 aromatic carbocycles.